The van der Waals surface area contributed by atoms with Crippen LogP contribution in [-0.4, -0.2) is 14.8 Å². The lowest BCUT2D eigenvalue weighted by Crippen LogP contribution is -2.11. The fourth-order valence-electron chi connectivity index (χ4n) is 1.41. The van der Waals surface area contributed by atoms with Gasteiger partial charge in [-0.25, -0.2) is 4.98 Å². The minimum absolute atomic E-state index is 0.157. The van der Waals surface area contributed by atoms with Crippen molar-refractivity contribution in [2.24, 2.45) is 5.73 Å². The highest BCUT2D eigenvalue weighted by Crippen LogP contribution is 2.20. The van der Waals surface area contributed by atoms with Crippen LogP contribution in [0.15, 0.2) is 17.8 Å². The maximum absolute atomic E-state index is 6.09. The van der Waals surface area contributed by atoms with Crippen LogP contribution in [0.4, 0.5) is 0 Å². The van der Waals surface area contributed by atoms with Crippen LogP contribution in [0.1, 0.15) is 29.2 Å². The van der Waals surface area contributed by atoms with Crippen LogP contribution < -0.4 is 5.73 Å². The van der Waals surface area contributed by atoms with Gasteiger partial charge in [-0.05, 0) is 13.8 Å². The van der Waals surface area contributed by atoms with Crippen LogP contribution >= 0.6 is 11.3 Å². The van der Waals surface area contributed by atoms with E-state index in [0.717, 1.165) is 22.8 Å². The zero-order valence-corrected chi connectivity index (χ0v) is 9.66. The summed E-state index contributed by atoms with van der Waals surface area (Å²) in [4.78, 5) is 4.38. The van der Waals surface area contributed by atoms with Crippen molar-refractivity contribution in [2.75, 3.05) is 0 Å². The molecule has 2 rings (SSSR count). The molecule has 2 aromatic rings. The molecule has 1 atom stereocenters. The van der Waals surface area contributed by atoms with Gasteiger partial charge in [-0.1, -0.05) is 0 Å². The first-order valence-corrected chi connectivity index (χ1v) is 5.78. The highest BCUT2D eigenvalue weighted by Gasteiger charge is 2.13. The van der Waals surface area contributed by atoms with E-state index >= 15 is 0 Å². The summed E-state index contributed by atoms with van der Waals surface area (Å²) in [5.41, 5.74) is 8.03. The normalized spacial score (nSPS) is 13.0. The third-order valence-electron chi connectivity index (χ3n) is 2.29. The van der Waals surface area contributed by atoms with Crippen molar-refractivity contribution >= 4 is 11.3 Å². The van der Waals surface area contributed by atoms with Gasteiger partial charge in [0.25, 0.3) is 0 Å². The van der Waals surface area contributed by atoms with Gasteiger partial charge in [0, 0.05) is 23.7 Å². The average Bonchev–Trinajstić information content (AvgIpc) is 2.84. The van der Waals surface area contributed by atoms with Gasteiger partial charge in [0.15, 0.2) is 0 Å². The number of thiazole rings is 1. The van der Waals surface area contributed by atoms with Gasteiger partial charge in [0.2, 0.25) is 0 Å². The zero-order chi connectivity index (χ0) is 10.8. The van der Waals surface area contributed by atoms with E-state index in [9.17, 15) is 0 Å². The van der Waals surface area contributed by atoms with Crippen molar-refractivity contribution in [2.45, 2.75) is 26.4 Å². The first-order chi connectivity index (χ1) is 7.20. The van der Waals surface area contributed by atoms with Crippen LogP contribution in [-0.2, 0) is 6.54 Å². The summed E-state index contributed by atoms with van der Waals surface area (Å²) < 4.78 is 1.87. The Labute approximate surface area is 92.8 Å². The minimum atomic E-state index is -0.157. The molecule has 0 fully saturated rings. The monoisotopic (exact) mass is 222 g/mol. The van der Waals surface area contributed by atoms with E-state index in [0.29, 0.717) is 0 Å². The molecule has 15 heavy (non-hydrogen) atoms. The Kier molecular flexibility index (Phi) is 2.83. The first kappa shape index (κ1) is 10.3. The number of nitrogens with two attached hydrogens (primary N) is 1. The van der Waals surface area contributed by atoms with Gasteiger partial charge in [-0.3, -0.25) is 4.68 Å². The van der Waals surface area contributed by atoms with E-state index in [4.69, 9.17) is 5.73 Å². The Balaban J connectivity index is 2.23. The molecule has 0 aliphatic heterocycles. The molecule has 0 spiro atoms. The van der Waals surface area contributed by atoms with E-state index < -0.39 is 0 Å². The van der Waals surface area contributed by atoms with E-state index in [-0.39, 0.29) is 6.04 Å². The summed E-state index contributed by atoms with van der Waals surface area (Å²) >= 11 is 1.62. The molecule has 0 saturated heterocycles. The number of hydrogen-bond donors (Lipinski definition) is 1. The van der Waals surface area contributed by atoms with Crippen LogP contribution in [0, 0.1) is 6.92 Å². The summed E-state index contributed by atoms with van der Waals surface area (Å²) in [5.74, 6) is 0. The third kappa shape index (κ3) is 2.08. The van der Waals surface area contributed by atoms with Crippen LogP contribution in [0.2, 0.25) is 0 Å². The van der Waals surface area contributed by atoms with Gasteiger partial charge in [-0.15, -0.1) is 11.3 Å². The Morgan fingerprint density at radius 3 is 2.93 bits per heavy atom. The van der Waals surface area contributed by atoms with Crippen molar-refractivity contribution in [3.8, 4) is 0 Å². The lowest BCUT2D eigenvalue weighted by molar-refractivity contribution is 0.658. The summed E-state index contributed by atoms with van der Waals surface area (Å²) in [6, 6.07) is -0.157. The van der Waals surface area contributed by atoms with Gasteiger partial charge >= 0.3 is 0 Å². The fourth-order valence-corrected chi connectivity index (χ4v) is 2.06. The van der Waals surface area contributed by atoms with Gasteiger partial charge in [0.05, 0.1) is 22.9 Å². The van der Waals surface area contributed by atoms with Crippen LogP contribution in [0.5, 0.6) is 0 Å². The van der Waals surface area contributed by atoms with E-state index in [1.165, 1.54) is 0 Å². The molecule has 1 unspecified atom stereocenters. The second kappa shape index (κ2) is 4.12. The standard InChI is InChI=1S/C10H14N4S/c1-3-14-5-8(4-12-14)10(11)9-6-15-7(2)13-9/h4-6,10H,3,11H2,1-2H3. The van der Waals surface area contributed by atoms with Crippen molar-refractivity contribution < 1.29 is 0 Å². The van der Waals surface area contributed by atoms with E-state index in [2.05, 4.69) is 17.0 Å². The Bertz CT molecular complexity index is 446. The molecule has 0 bridgehead atoms. The summed E-state index contributed by atoms with van der Waals surface area (Å²) in [7, 11) is 0. The molecular weight excluding hydrogens is 208 g/mol. The molecule has 0 aromatic carbocycles. The minimum Gasteiger partial charge on any atom is -0.319 e. The highest BCUT2D eigenvalue weighted by atomic mass is 32.1. The van der Waals surface area contributed by atoms with Gasteiger partial charge < -0.3 is 5.73 Å². The van der Waals surface area contributed by atoms with Crippen LogP contribution in [0.3, 0.4) is 0 Å². The number of nitrogens with zero attached hydrogens (tertiary/aromatic N) is 3. The summed E-state index contributed by atoms with van der Waals surface area (Å²) in [6.07, 6.45) is 3.78. The molecule has 0 aliphatic rings. The first-order valence-electron chi connectivity index (χ1n) is 4.90. The van der Waals surface area contributed by atoms with Crippen molar-refractivity contribution in [1.82, 2.24) is 14.8 Å². The van der Waals surface area contributed by atoms with Crippen molar-refractivity contribution in [3.05, 3.63) is 34.0 Å². The second-order valence-electron chi connectivity index (χ2n) is 3.40. The van der Waals surface area contributed by atoms with Gasteiger partial charge in [0.1, 0.15) is 0 Å². The SMILES string of the molecule is CCn1cc(C(N)c2csc(C)n2)cn1. The largest absolute Gasteiger partial charge is 0.319 e. The smallest absolute Gasteiger partial charge is 0.0898 e. The molecule has 2 aromatic heterocycles. The Morgan fingerprint density at radius 1 is 1.60 bits per heavy atom. The molecular formula is C10H14N4S. The highest BCUT2D eigenvalue weighted by molar-refractivity contribution is 7.09. The quantitative estimate of drug-likeness (QED) is 0.860. The van der Waals surface area contributed by atoms with E-state index in [1.54, 1.807) is 11.3 Å². The number of aryl methyl sites for hydroxylation is 2. The maximum Gasteiger partial charge on any atom is 0.0898 e. The van der Waals surface area contributed by atoms with Crippen molar-refractivity contribution in [3.63, 3.8) is 0 Å². The number of rotatable bonds is 3. The summed E-state index contributed by atoms with van der Waals surface area (Å²) in [5, 5.41) is 7.25. The average molecular weight is 222 g/mol. The lowest BCUT2D eigenvalue weighted by atomic mass is 10.1. The molecule has 4 nitrogen and oxygen atoms in total. The zero-order valence-electron chi connectivity index (χ0n) is 8.84. The molecule has 0 saturated carbocycles. The predicted octanol–water partition coefficient (Wildman–Crippen LogP) is 1.72. The topological polar surface area (TPSA) is 56.7 Å². The molecule has 80 valence electrons. The molecule has 2 heterocycles. The Morgan fingerprint density at radius 2 is 2.40 bits per heavy atom. The maximum atomic E-state index is 6.09. The molecule has 2 N–H and O–H groups in total. The lowest BCUT2D eigenvalue weighted by Gasteiger charge is -2.04. The predicted molar refractivity (Wildman–Crippen MR) is 60.8 cm³/mol. The molecule has 5 heteroatoms. The second-order valence-corrected chi connectivity index (χ2v) is 4.46. The molecule has 0 radical (unpaired) electrons. The Hall–Kier alpha value is -1.20. The number of aromatic nitrogens is 3. The molecule has 0 amide bonds. The fraction of sp³-hybridized carbons (Fsp3) is 0.400. The third-order valence-corrected chi connectivity index (χ3v) is 3.08. The van der Waals surface area contributed by atoms with Crippen LogP contribution in [0.25, 0.3) is 0 Å². The van der Waals surface area contributed by atoms with Crippen molar-refractivity contribution in [1.29, 1.82) is 0 Å². The number of hydrogen-bond acceptors (Lipinski definition) is 4. The summed E-state index contributed by atoms with van der Waals surface area (Å²) in [6.45, 7) is 4.90. The van der Waals surface area contributed by atoms with E-state index in [1.807, 2.05) is 29.4 Å². The van der Waals surface area contributed by atoms with Gasteiger partial charge in [-0.2, -0.15) is 5.10 Å². The molecule has 0 aliphatic carbocycles.